The Morgan fingerprint density at radius 3 is 2.37 bits per heavy atom. The van der Waals surface area contributed by atoms with Gasteiger partial charge < -0.3 is 9.47 Å². The van der Waals surface area contributed by atoms with Crippen LogP contribution in [0.4, 0.5) is 0 Å². The zero-order valence-electron chi connectivity index (χ0n) is 16.4. The van der Waals surface area contributed by atoms with Crippen molar-refractivity contribution < 1.29 is 23.4 Å². The first-order valence-corrected chi connectivity index (χ1v) is 12.0. The summed E-state index contributed by atoms with van der Waals surface area (Å²) in [6, 6.07) is 22.3. The number of rotatable bonds is 6. The van der Waals surface area contributed by atoms with Crippen LogP contribution in [-0.4, -0.2) is 27.9 Å². The summed E-state index contributed by atoms with van der Waals surface area (Å²) in [5.74, 6) is 0.0163. The maximum atomic E-state index is 12.8. The van der Waals surface area contributed by atoms with Crippen molar-refractivity contribution in [2.75, 3.05) is 12.9 Å². The third-order valence-electron chi connectivity index (χ3n) is 4.87. The van der Waals surface area contributed by atoms with Gasteiger partial charge in [0.25, 0.3) is 0 Å². The highest BCUT2D eigenvalue weighted by atomic mass is 32.3. The lowest BCUT2D eigenvalue weighted by Gasteiger charge is -2.27. The molecule has 5 nitrogen and oxygen atoms in total. The van der Waals surface area contributed by atoms with E-state index in [1.807, 2.05) is 60.7 Å². The number of thioether (sulfide) groups is 1. The molecule has 0 spiro atoms. The van der Waals surface area contributed by atoms with Gasteiger partial charge in [-0.2, -0.15) is 10.6 Å². The van der Waals surface area contributed by atoms with E-state index in [9.17, 15) is 13.9 Å². The molecule has 2 N–H and O–H groups in total. The van der Waals surface area contributed by atoms with E-state index in [0.29, 0.717) is 16.2 Å². The summed E-state index contributed by atoms with van der Waals surface area (Å²) in [5.41, 5.74) is 1.82. The van der Waals surface area contributed by atoms with E-state index < -0.39 is 16.6 Å². The molecule has 0 aliphatic carbocycles. The summed E-state index contributed by atoms with van der Waals surface area (Å²) >= 11 is 1.53. The number of ether oxygens (including phenoxy) is 2. The summed E-state index contributed by atoms with van der Waals surface area (Å²) in [6.45, 7) is 0.150. The average Bonchev–Trinajstić information content (AvgIpc) is 3.02. The van der Waals surface area contributed by atoms with Crippen molar-refractivity contribution in [1.82, 2.24) is 0 Å². The minimum Gasteiger partial charge on any atom is -0.495 e. The lowest BCUT2D eigenvalue weighted by molar-refractivity contribution is 0.0468. The molecule has 0 saturated heterocycles. The van der Waals surface area contributed by atoms with E-state index in [2.05, 4.69) is 0 Å². The number of fused-ring (bicyclic) bond motifs is 1. The lowest BCUT2D eigenvalue weighted by atomic mass is 10.1. The molecule has 0 bridgehead atoms. The Bertz CT molecular complexity index is 1040. The molecule has 0 radical (unpaired) electrons. The van der Waals surface area contributed by atoms with E-state index in [1.54, 1.807) is 12.1 Å². The van der Waals surface area contributed by atoms with Crippen LogP contribution in [0.1, 0.15) is 26.7 Å². The van der Waals surface area contributed by atoms with Crippen LogP contribution in [0, 0.1) is 0 Å². The molecule has 1 aliphatic rings. The molecule has 1 unspecified atom stereocenters. The smallest absolute Gasteiger partial charge is 0.342 e. The number of carbonyl (C=O) groups is 1. The van der Waals surface area contributed by atoms with Crippen molar-refractivity contribution in [3.8, 4) is 5.75 Å². The van der Waals surface area contributed by atoms with E-state index in [4.69, 9.17) is 9.47 Å². The molecule has 4 rings (SSSR count). The maximum Gasteiger partial charge on any atom is 0.342 e. The molecule has 3 aromatic rings. The fraction of sp³-hybridized carbons (Fsp3) is 0.174. The van der Waals surface area contributed by atoms with Crippen LogP contribution in [0.25, 0.3) is 0 Å². The Labute approximate surface area is 181 Å². The molecule has 1 heterocycles. The minimum atomic E-state index is -2.96. The van der Waals surface area contributed by atoms with Crippen LogP contribution in [0.3, 0.4) is 0 Å². The van der Waals surface area contributed by atoms with Crippen LogP contribution >= 0.6 is 22.4 Å². The van der Waals surface area contributed by atoms with Crippen LogP contribution in [0.2, 0.25) is 0 Å². The predicted molar refractivity (Wildman–Crippen MR) is 120 cm³/mol. The highest BCUT2D eigenvalue weighted by molar-refractivity contribution is 8.25. The van der Waals surface area contributed by atoms with Crippen molar-refractivity contribution in [3.05, 3.63) is 89.5 Å². The molecule has 0 fully saturated rings. The zero-order valence-corrected chi connectivity index (χ0v) is 18.0. The monoisotopic (exact) mass is 442 g/mol. The van der Waals surface area contributed by atoms with Crippen LogP contribution in [0.5, 0.6) is 5.75 Å². The highest BCUT2D eigenvalue weighted by Gasteiger charge is 2.40. The molecular weight excluding hydrogens is 420 g/mol. The number of hydrogen-bond donors (Lipinski definition) is 2. The van der Waals surface area contributed by atoms with E-state index in [0.717, 1.165) is 10.5 Å². The molecule has 3 aromatic carbocycles. The lowest BCUT2D eigenvalue weighted by Crippen LogP contribution is -2.09. The largest absolute Gasteiger partial charge is 0.495 e. The maximum absolute atomic E-state index is 12.8. The van der Waals surface area contributed by atoms with E-state index in [1.165, 1.54) is 18.9 Å². The third kappa shape index (κ3) is 4.20. The van der Waals surface area contributed by atoms with Gasteiger partial charge in [0.15, 0.2) is 0 Å². The van der Waals surface area contributed by atoms with Crippen molar-refractivity contribution in [1.29, 1.82) is 0 Å². The third-order valence-corrected chi connectivity index (χ3v) is 8.17. The molecular formula is C23H22O5S2. The first kappa shape index (κ1) is 20.8. The molecule has 156 valence electrons. The highest BCUT2D eigenvalue weighted by Crippen LogP contribution is 2.65. The number of benzene rings is 3. The van der Waals surface area contributed by atoms with Gasteiger partial charge >= 0.3 is 5.97 Å². The quantitative estimate of drug-likeness (QED) is 0.456. The number of carbonyl (C=O) groups excluding carboxylic acids is 1. The summed E-state index contributed by atoms with van der Waals surface area (Å²) < 4.78 is 32.4. The Morgan fingerprint density at radius 2 is 1.70 bits per heavy atom. The summed E-state index contributed by atoms with van der Waals surface area (Å²) in [7, 11) is -1.47. The fourth-order valence-corrected chi connectivity index (χ4v) is 7.05. The van der Waals surface area contributed by atoms with E-state index in [-0.39, 0.29) is 23.2 Å². The van der Waals surface area contributed by atoms with E-state index >= 15 is 0 Å². The topological polar surface area (TPSA) is 76.0 Å². The second kappa shape index (κ2) is 8.73. The molecule has 1 aliphatic heterocycles. The minimum absolute atomic E-state index is 0.150. The van der Waals surface area contributed by atoms with Gasteiger partial charge in [0.1, 0.15) is 17.9 Å². The van der Waals surface area contributed by atoms with Gasteiger partial charge in [-0.3, -0.25) is 9.11 Å². The molecule has 30 heavy (non-hydrogen) atoms. The summed E-state index contributed by atoms with van der Waals surface area (Å²) in [6.07, 6.45) is 0. The van der Waals surface area contributed by atoms with Gasteiger partial charge in [-0.25, -0.2) is 4.79 Å². The molecule has 1 atom stereocenters. The normalized spacial score (nSPS) is 17.8. The van der Waals surface area contributed by atoms with Gasteiger partial charge in [-0.05, 0) is 29.8 Å². The number of esters is 1. The van der Waals surface area contributed by atoms with Gasteiger partial charge in [0.05, 0.1) is 23.0 Å². The van der Waals surface area contributed by atoms with Crippen LogP contribution in [0.15, 0.2) is 82.6 Å². The first-order chi connectivity index (χ1) is 14.5. The fourth-order valence-electron chi connectivity index (χ4n) is 3.49. The predicted octanol–water partition coefficient (Wildman–Crippen LogP) is 6.01. The second-order valence-corrected chi connectivity index (χ2v) is 10.3. The van der Waals surface area contributed by atoms with Crippen molar-refractivity contribution in [2.45, 2.75) is 21.6 Å². The molecule has 7 heteroatoms. The van der Waals surface area contributed by atoms with Gasteiger partial charge in [0.2, 0.25) is 0 Å². The van der Waals surface area contributed by atoms with Crippen molar-refractivity contribution >= 4 is 28.3 Å². The van der Waals surface area contributed by atoms with Gasteiger partial charge in [-0.15, -0.1) is 11.8 Å². The van der Waals surface area contributed by atoms with Crippen molar-refractivity contribution in [3.63, 3.8) is 0 Å². The Kier molecular flexibility index (Phi) is 6.06. The Hall–Kier alpha value is -2.45. The van der Waals surface area contributed by atoms with Crippen molar-refractivity contribution in [2.24, 2.45) is 0 Å². The zero-order chi connectivity index (χ0) is 21.1. The second-order valence-electron chi connectivity index (χ2n) is 6.87. The van der Waals surface area contributed by atoms with Crippen LogP contribution in [-0.2, 0) is 11.3 Å². The standard InChI is InChI=1S/C23H22O5S2/c1-27-22-18(23(24)28-14-16-8-4-2-5-9-16)12-13-20-21(22)19(15-30(20,25)26)29-17-10-6-3-7-11-17/h2-13,19,25-26H,14-15H2,1H3. The number of hydrogen-bond acceptors (Lipinski definition) is 6. The average molecular weight is 443 g/mol. The summed E-state index contributed by atoms with van der Waals surface area (Å²) in [5, 5.41) is -0.246. The molecule has 0 saturated carbocycles. The Balaban J connectivity index is 1.65. The summed E-state index contributed by atoms with van der Waals surface area (Å²) in [4.78, 5) is 14.2. The van der Waals surface area contributed by atoms with Crippen LogP contribution < -0.4 is 4.74 Å². The SMILES string of the molecule is COc1c(C(=O)OCc2ccccc2)ccc2c1C(Sc1ccccc1)CS2(O)O. The molecule has 0 amide bonds. The first-order valence-electron chi connectivity index (χ1n) is 9.39. The van der Waals surface area contributed by atoms with Gasteiger partial charge in [0, 0.05) is 10.5 Å². The van der Waals surface area contributed by atoms with Gasteiger partial charge in [-0.1, -0.05) is 48.5 Å². The number of methoxy groups -OCH3 is 1. The molecule has 0 aromatic heterocycles. The Morgan fingerprint density at radius 1 is 1.03 bits per heavy atom.